The summed E-state index contributed by atoms with van der Waals surface area (Å²) in [7, 11) is 0. The lowest BCUT2D eigenvalue weighted by Gasteiger charge is -2.48. The van der Waals surface area contributed by atoms with Crippen molar-refractivity contribution in [2.24, 2.45) is 11.3 Å². The molecule has 1 rings (SSSR count). The molecule has 0 N–H and O–H groups in total. The summed E-state index contributed by atoms with van der Waals surface area (Å²) < 4.78 is 25.3. The minimum absolute atomic E-state index is 0.0301. The molecule has 0 radical (unpaired) electrons. The highest BCUT2D eigenvalue weighted by atomic mass is 19.3. The summed E-state index contributed by atoms with van der Waals surface area (Å²) in [5.74, 6) is -1.81. The number of hydrogen-bond donors (Lipinski definition) is 0. The van der Waals surface area contributed by atoms with E-state index < -0.39 is 5.92 Å². The fourth-order valence-electron chi connectivity index (χ4n) is 2.45. The Balaban J connectivity index is 2.47. The second-order valence-electron chi connectivity index (χ2n) is 4.66. The van der Waals surface area contributed by atoms with Crippen LogP contribution in [0, 0.1) is 11.3 Å². The summed E-state index contributed by atoms with van der Waals surface area (Å²) >= 11 is 0. The van der Waals surface area contributed by atoms with E-state index >= 15 is 0 Å². The molecule has 72 valence electrons. The first-order valence-corrected chi connectivity index (χ1v) is 4.77. The fourth-order valence-corrected chi connectivity index (χ4v) is 2.45. The Labute approximate surface area is 73.3 Å². The Morgan fingerprint density at radius 3 is 2.00 bits per heavy atom. The van der Waals surface area contributed by atoms with Crippen molar-refractivity contribution in [3.8, 4) is 0 Å². The van der Waals surface area contributed by atoms with E-state index in [4.69, 9.17) is 0 Å². The van der Waals surface area contributed by atoms with Crippen LogP contribution < -0.4 is 0 Å². The third-order valence-corrected chi connectivity index (χ3v) is 2.86. The normalized spacial score (nSPS) is 25.5. The predicted octanol–water partition coefficient (Wildman–Crippen LogP) is 3.86. The Bertz CT molecular complexity index is 148. The fraction of sp³-hybridized carbons (Fsp3) is 1.00. The summed E-state index contributed by atoms with van der Waals surface area (Å²) in [6, 6.07) is 0. The lowest BCUT2D eigenvalue weighted by Crippen LogP contribution is -2.46. The van der Waals surface area contributed by atoms with Gasteiger partial charge in [-0.2, -0.15) is 0 Å². The molecule has 12 heavy (non-hydrogen) atoms. The monoisotopic (exact) mass is 176 g/mol. The molecule has 0 aromatic heterocycles. The Kier molecular flexibility index (Phi) is 2.46. The van der Waals surface area contributed by atoms with Gasteiger partial charge in [0.25, 0.3) is 0 Å². The molecular formula is C10H18F2. The standard InChI is InChI=1S/C10H18F2/c1-4-9(5-8(2)3)6-10(11,12)7-9/h8H,4-7H2,1-3H3. The van der Waals surface area contributed by atoms with Gasteiger partial charge in [0, 0.05) is 12.8 Å². The van der Waals surface area contributed by atoms with Gasteiger partial charge in [0.05, 0.1) is 0 Å². The van der Waals surface area contributed by atoms with Gasteiger partial charge in [-0.05, 0) is 17.8 Å². The van der Waals surface area contributed by atoms with Crippen LogP contribution in [-0.4, -0.2) is 5.92 Å². The van der Waals surface area contributed by atoms with Crippen molar-refractivity contribution in [3.63, 3.8) is 0 Å². The van der Waals surface area contributed by atoms with Crippen LogP contribution in [0.25, 0.3) is 0 Å². The average molecular weight is 176 g/mol. The summed E-state index contributed by atoms with van der Waals surface area (Å²) in [6.07, 6.45) is 2.10. The Hall–Kier alpha value is -0.140. The first-order valence-electron chi connectivity index (χ1n) is 4.77. The average Bonchev–Trinajstić information content (AvgIpc) is 1.81. The van der Waals surface area contributed by atoms with E-state index in [1.165, 1.54) is 0 Å². The van der Waals surface area contributed by atoms with E-state index in [1.54, 1.807) is 0 Å². The molecule has 0 saturated heterocycles. The molecule has 0 aliphatic heterocycles. The summed E-state index contributed by atoms with van der Waals surface area (Å²) in [4.78, 5) is 0. The molecular weight excluding hydrogens is 158 g/mol. The van der Waals surface area contributed by atoms with Crippen molar-refractivity contribution in [3.05, 3.63) is 0 Å². The van der Waals surface area contributed by atoms with Crippen molar-refractivity contribution >= 4 is 0 Å². The molecule has 1 saturated carbocycles. The molecule has 0 heterocycles. The minimum Gasteiger partial charge on any atom is -0.207 e. The molecule has 2 heteroatoms. The number of rotatable bonds is 3. The minimum atomic E-state index is -2.36. The molecule has 0 bridgehead atoms. The van der Waals surface area contributed by atoms with Gasteiger partial charge in [0.15, 0.2) is 0 Å². The van der Waals surface area contributed by atoms with E-state index in [0.717, 1.165) is 12.8 Å². The molecule has 0 aromatic carbocycles. The lowest BCUT2D eigenvalue weighted by molar-refractivity contribution is -0.168. The zero-order chi connectivity index (χ0) is 9.41. The summed E-state index contributed by atoms with van der Waals surface area (Å²) in [6.45, 7) is 6.24. The van der Waals surface area contributed by atoms with Crippen LogP contribution in [0.5, 0.6) is 0 Å². The third-order valence-electron chi connectivity index (χ3n) is 2.86. The van der Waals surface area contributed by atoms with Crippen LogP contribution in [-0.2, 0) is 0 Å². The van der Waals surface area contributed by atoms with Gasteiger partial charge >= 0.3 is 0 Å². The molecule has 1 aliphatic carbocycles. The van der Waals surface area contributed by atoms with Crippen molar-refractivity contribution in [1.29, 1.82) is 0 Å². The SMILES string of the molecule is CCC1(CC(C)C)CC(F)(F)C1. The van der Waals surface area contributed by atoms with E-state index in [-0.39, 0.29) is 18.3 Å². The van der Waals surface area contributed by atoms with Gasteiger partial charge in [-0.15, -0.1) is 0 Å². The van der Waals surface area contributed by atoms with Crippen molar-refractivity contribution in [1.82, 2.24) is 0 Å². The topological polar surface area (TPSA) is 0 Å². The van der Waals surface area contributed by atoms with Gasteiger partial charge in [-0.25, -0.2) is 8.78 Å². The van der Waals surface area contributed by atoms with Crippen molar-refractivity contribution < 1.29 is 8.78 Å². The number of alkyl halides is 2. The van der Waals surface area contributed by atoms with Crippen molar-refractivity contribution in [2.45, 2.75) is 52.4 Å². The smallest absolute Gasteiger partial charge is 0.207 e. The first kappa shape index (κ1) is 9.94. The molecule has 0 amide bonds. The van der Waals surface area contributed by atoms with Crippen LogP contribution in [0.2, 0.25) is 0 Å². The largest absolute Gasteiger partial charge is 0.249 e. The van der Waals surface area contributed by atoms with Gasteiger partial charge in [-0.3, -0.25) is 0 Å². The Morgan fingerprint density at radius 2 is 1.75 bits per heavy atom. The van der Waals surface area contributed by atoms with Crippen LogP contribution in [0.3, 0.4) is 0 Å². The Morgan fingerprint density at radius 1 is 1.25 bits per heavy atom. The van der Waals surface area contributed by atoms with Gasteiger partial charge in [-0.1, -0.05) is 27.2 Å². The highest BCUT2D eigenvalue weighted by Crippen LogP contribution is 2.56. The number of hydrogen-bond acceptors (Lipinski definition) is 0. The summed E-state index contributed by atoms with van der Waals surface area (Å²) in [5, 5.41) is 0. The van der Waals surface area contributed by atoms with Gasteiger partial charge in [0.1, 0.15) is 0 Å². The highest BCUT2D eigenvalue weighted by Gasteiger charge is 2.54. The maximum absolute atomic E-state index is 12.7. The third kappa shape index (κ3) is 1.96. The van der Waals surface area contributed by atoms with Gasteiger partial charge in [0.2, 0.25) is 5.92 Å². The zero-order valence-corrected chi connectivity index (χ0v) is 8.16. The molecule has 1 aliphatic rings. The first-order chi connectivity index (χ1) is 5.39. The predicted molar refractivity (Wildman–Crippen MR) is 46.4 cm³/mol. The van der Waals surface area contributed by atoms with Crippen LogP contribution >= 0.6 is 0 Å². The van der Waals surface area contributed by atoms with Crippen LogP contribution in [0.1, 0.15) is 46.5 Å². The molecule has 0 nitrogen and oxygen atoms in total. The second kappa shape index (κ2) is 2.97. The lowest BCUT2D eigenvalue weighted by atomic mass is 9.61. The molecule has 0 atom stereocenters. The van der Waals surface area contributed by atoms with E-state index in [0.29, 0.717) is 5.92 Å². The van der Waals surface area contributed by atoms with Crippen LogP contribution in [0.4, 0.5) is 8.78 Å². The highest BCUT2D eigenvalue weighted by molar-refractivity contribution is 4.98. The van der Waals surface area contributed by atoms with Crippen molar-refractivity contribution in [2.75, 3.05) is 0 Å². The number of halogens is 2. The maximum atomic E-state index is 12.7. The zero-order valence-electron chi connectivity index (χ0n) is 8.16. The second-order valence-corrected chi connectivity index (χ2v) is 4.66. The molecule has 0 unspecified atom stereocenters. The molecule has 1 fully saturated rings. The van der Waals surface area contributed by atoms with E-state index in [9.17, 15) is 8.78 Å². The molecule has 0 aromatic rings. The molecule has 0 spiro atoms. The van der Waals surface area contributed by atoms with Gasteiger partial charge < -0.3 is 0 Å². The van der Waals surface area contributed by atoms with E-state index in [2.05, 4.69) is 13.8 Å². The quantitative estimate of drug-likeness (QED) is 0.612. The van der Waals surface area contributed by atoms with Crippen LogP contribution in [0.15, 0.2) is 0 Å². The maximum Gasteiger partial charge on any atom is 0.249 e. The summed E-state index contributed by atoms with van der Waals surface area (Å²) in [5.41, 5.74) is -0.0301. The van der Waals surface area contributed by atoms with E-state index in [1.807, 2.05) is 6.92 Å².